The van der Waals surface area contributed by atoms with E-state index in [0.29, 0.717) is 0 Å². The van der Waals surface area contributed by atoms with E-state index < -0.39 is 0 Å². The second kappa shape index (κ2) is 6.06. The van der Waals surface area contributed by atoms with E-state index in [1.54, 1.807) is 6.20 Å². The fourth-order valence-electron chi connectivity index (χ4n) is 1.03. The first-order chi connectivity index (χ1) is 5.63. The molecule has 0 unspecified atom stereocenters. The number of hydrogen-bond donors (Lipinski definition) is 1. The van der Waals surface area contributed by atoms with Gasteiger partial charge in [0.2, 0.25) is 0 Å². The lowest BCUT2D eigenvalue weighted by Crippen LogP contribution is -1.86. The van der Waals surface area contributed by atoms with Gasteiger partial charge in [-0.2, -0.15) is 0 Å². The molecule has 0 aromatic heterocycles. The van der Waals surface area contributed by atoms with Crippen LogP contribution in [0.4, 0.5) is 0 Å². The van der Waals surface area contributed by atoms with E-state index in [0.717, 1.165) is 10.9 Å². The van der Waals surface area contributed by atoms with Crippen molar-refractivity contribution >= 4 is 15.9 Å². The van der Waals surface area contributed by atoms with Gasteiger partial charge in [-0.05, 0) is 48.2 Å². The van der Waals surface area contributed by atoms with Crippen LogP contribution in [0.5, 0.6) is 0 Å². The fraction of sp³-hybridized carbons (Fsp3) is 0.400. The van der Waals surface area contributed by atoms with Crippen molar-refractivity contribution in [1.29, 1.82) is 0 Å². The molecule has 0 amide bonds. The molecule has 2 N–H and O–H groups in total. The lowest BCUT2D eigenvalue weighted by Gasteiger charge is -2.03. The van der Waals surface area contributed by atoms with Gasteiger partial charge in [0.25, 0.3) is 0 Å². The minimum Gasteiger partial charge on any atom is -0.405 e. The zero-order valence-electron chi connectivity index (χ0n) is 7.89. The number of nitrogens with two attached hydrogens (primary N) is 1. The van der Waals surface area contributed by atoms with Crippen molar-refractivity contribution in [1.82, 2.24) is 0 Å². The molecule has 0 spiro atoms. The van der Waals surface area contributed by atoms with Gasteiger partial charge < -0.3 is 5.73 Å². The highest BCUT2D eigenvalue weighted by Crippen LogP contribution is 2.20. The van der Waals surface area contributed by atoms with Gasteiger partial charge in [0.1, 0.15) is 0 Å². The van der Waals surface area contributed by atoms with Crippen molar-refractivity contribution < 1.29 is 0 Å². The lowest BCUT2D eigenvalue weighted by molar-refractivity contribution is 1.18. The number of allylic oxidation sites excluding steroid dienone is 5. The molecule has 0 fully saturated rings. The van der Waals surface area contributed by atoms with Crippen molar-refractivity contribution in [2.45, 2.75) is 27.2 Å². The van der Waals surface area contributed by atoms with Crippen LogP contribution in [0.25, 0.3) is 0 Å². The topological polar surface area (TPSA) is 26.0 Å². The molecule has 0 aromatic rings. The summed E-state index contributed by atoms with van der Waals surface area (Å²) in [7, 11) is 0. The highest BCUT2D eigenvalue weighted by molar-refractivity contribution is 9.11. The maximum Gasteiger partial charge on any atom is -0.000495 e. The maximum atomic E-state index is 5.34. The van der Waals surface area contributed by atoms with Crippen LogP contribution in [0.2, 0.25) is 0 Å². The Hall–Kier alpha value is -0.500. The Bertz CT molecular complexity index is 220. The van der Waals surface area contributed by atoms with Gasteiger partial charge in [0.15, 0.2) is 0 Å². The average molecular weight is 230 g/mol. The number of hydrogen-bond acceptors (Lipinski definition) is 1. The molecule has 0 heterocycles. The largest absolute Gasteiger partial charge is 0.405 e. The van der Waals surface area contributed by atoms with Crippen LogP contribution in [0, 0.1) is 0 Å². The van der Waals surface area contributed by atoms with E-state index in [1.165, 1.54) is 11.1 Å². The third-order valence-corrected chi connectivity index (χ3v) is 2.00. The zero-order valence-corrected chi connectivity index (χ0v) is 9.48. The fourth-order valence-corrected chi connectivity index (χ4v) is 1.48. The smallest absolute Gasteiger partial charge is 0.000495 e. The first kappa shape index (κ1) is 11.5. The van der Waals surface area contributed by atoms with Crippen molar-refractivity contribution in [3.8, 4) is 0 Å². The first-order valence-electron chi connectivity index (χ1n) is 4.05. The normalized spacial score (nSPS) is 15.2. The Morgan fingerprint density at radius 3 is 2.33 bits per heavy atom. The summed E-state index contributed by atoms with van der Waals surface area (Å²) in [5.74, 6) is 0. The molecule has 0 saturated heterocycles. The molecule has 2 heteroatoms. The Morgan fingerprint density at radius 1 is 1.42 bits per heavy atom. The van der Waals surface area contributed by atoms with Gasteiger partial charge >= 0.3 is 0 Å². The zero-order chi connectivity index (χ0) is 9.56. The highest BCUT2D eigenvalue weighted by atomic mass is 79.9. The van der Waals surface area contributed by atoms with E-state index in [4.69, 9.17) is 5.73 Å². The summed E-state index contributed by atoms with van der Waals surface area (Å²) in [6.45, 7) is 6.22. The van der Waals surface area contributed by atoms with Gasteiger partial charge in [-0.25, -0.2) is 0 Å². The molecule has 0 aliphatic carbocycles. The third kappa shape index (κ3) is 3.77. The highest BCUT2D eigenvalue weighted by Gasteiger charge is 1.97. The Labute approximate surface area is 83.2 Å². The van der Waals surface area contributed by atoms with Crippen molar-refractivity contribution in [3.63, 3.8) is 0 Å². The molecule has 0 atom stereocenters. The third-order valence-electron chi connectivity index (χ3n) is 1.57. The second-order valence-corrected chi connectivity index (χ2v) is 3.79. The Morgan fingerprint density at radius 2 is 2.00 bits per heavy atom. The summed E-state index contributed by atoms with van der Waals surface area (Å²) in [6, 6.07) is 0. The van der Waals surface area contributed by atoms with E-state index in [1.807, 2.05) is 13.0 Å². The van der Waals surface area contributed by atoms with Crippen molar-refractivity contribution in [2.24, 2.45) is 5.73 Å². The first-order valence-corrected chi connectivity index (χ1v) is 4.84. The minimum atomic E-state index is 1.05. The van der Waals surface area contributed by atoms with Crippen LogP contribution in [0.15, 0.2) is 34.0 Å². The predicted molar refractivity (Wildman–Crippen MR) is 59.0 cm³/mol. The molecule has 12 heavy (non-hydrogen) atoms. The van der Waals surface area contributed by atoms with E-state index in [2.05, 4.69) is 35.9 Å². The average Bonchev–Trinajstić information content (AvgIpc) is 1.99. The summed E-state index contributed by atoms with van der Waals surface area (Å²) in [6.07, 6.45) is 6.70. The van der Waals surface area contributed by atoms with Crippen LogP contribution < -0.4 is 5.73 Å². The summed E-state index contributed by atoms with van der Waals surface area (Å²) < 4.78 is 1.12. The Kier molecular flexibility index (Phi) is 5.81. The van der Waals surface area contributed by atoms with Gasteiger partial charge in [-0.3, -0.25) is 0 Å². The molecule has 68 valence electrons. The van der Waals surface area contributed by atoms with Crippen LogP contribution in [0.3, 0.4) is 0 Å². The quantitative estimate of drug-likeness (QED) is 0.738. The van der Waals surface area contributed by atoms with Crippen molar-refractivity contribution in [2.75, 3.05) is 0 Å². The molecule has 0 aliphatic rings. The molecular formula is C10H16BrN. The van der Waals surface area contributed by atoms with Crippen molar-refractivity contribution in [3.05, 3.63) is 34.0 Å². The van der Waals surface area contributed by atoms with Gasteiger partial charge in [-0.1, -0.05) is 28.9 Å². The van der Waals surface area contributed by atoms with Crippen LogP contribution in [-0.4, -0.2) is 0 Å². The molecule has 0 rings (SSSR count). The second-order valence-electron chi connectivity index (χ2n) is 2.60. The summed E-state index contributed by atoms with van der Waals surface area (Å²) in [5.41, 5.74) is 7.76. The monoisotopic (exact) mass is 229 g/mol. The summed E-state index contributed by atoms with van der Waals surface area (Å²) in [5, 5.41) is 0. The molecule has 0 aliphatic heterocycles. The SMILES string of the molecule is CC\C=C(C)/C(/C=C\N)=C(\C)Br. The molecule has 1 nitrogen and oxygen atoms in total. The van der Waals surface area contributed by atoms with Crippen LogP contribution >= 0.6 is 15.9 Å². The molecule has 0 saturated carbocycles. The number of halogens is 1. The molecular weight excluding hydrogens is 214 g/mol. The molecule has 0 radical (unpaired) electrons. The maximum absolute atomic E-state index is 5.34. The van der Waals surface area contributed by atoms with Gasteiger partial charge in [-0.15, -0.1) is 0 Å². The Balaban J connectivity index is 4.78. The van der Waals surface area contributed by atoms with E-state index in [9.17, 15) is 0 Å². The lowest BCUT2D eigenvalue weighted by atomic mass is 10.1. The molecule has 0 bridgehead atoms. The molecule has 0 aromatic carbocycles. The summed E-state index contributed by atoms with van der Waals surface area (Å²) >= 11 is 3.44. The van der Waals surface area contributed by atoms with E-state index in [-0.39, 0.29) is 0 Å². The minimum absolute atomic E-state index is 1.05. The van der Waals surface area contributed by atoms with E-state index >= 15 is 0 Å². The van der Waals surface area contributed by atoms with Gasteiger partial charge in [0.05, 0.1) is 0 Å². The van der Waals surface area contributed by atoms with Gasteiger partial charge in [0, 0.05) is 0 Å². The number of rotatable bonds is 3. The standard InChI is InChI=1S/C10H16BrN/c1-4-5-8(2)10(6-7-12)9(3)11/h5-7H,4,12H2,1-3H3/b7-6-,8-5-,10-9+. The predicted octanol–water partition coefficient (Wildman–Crippen LogP) is 3.48. The van der Waals surface area contributed by atoms with Crippen LogP contribution in [-0.2, 0) is 0 Å². The van der Waals surface area contributed by atoms with Crippen LogP contribution in [0.1, 0.15) is 27.2 Å². The summed E-state index contributed by atoms with van der Waals surface area (Å²) in [4.78, 5) is 0.